The molecule has 25 heavy (non-hydrogen) atoms. The van der Waals surface area contributed by atoms with E-state index >= 15 is 0 Å². The highest BCUT2D eigenvalue weighted by Crippen LogP contribution is 2.28. The van der Waals surface area contributed by atoms with E-state index in [9.17, 15) is 14.4 Å². The van der Waals surface area contributed by atoms with Crippen molar-refractivity contribution in [2.75, 3.05) is 6.61 Å². The third-order valence-corrected chi connectivity index (χ3v) is 4.22. The van der Waals surface area contributed by atoms with Gasteiger partial charge in [0.1, 0.15) is 0 Å². The van der Waals surface area contributed by atoms with Gasteiger partial charge in [0, 0.05) is 43.2 Å². The molecule has 1 heterocycles. The zero-order valence-corrected chi connectivity index (χ0v) is 14.2. The van der Waals surface area contributed by atoms with Gasteiger partial charge < -0.3 is 10.0 Å². The second kappa shape index (κ2) is 9.00. The van der Waals surface area contributed by atoms with E-state index in [2.05, 4.69) is 17.2 Å². The maximum atomic E-state index is 12.6. The number of unbranched alkanes of at least 4 members (excludes halogenated alkanes) is 1. The molecule has 1 aliphatic rings. The van der Waals surface area contributed by atoms with Gasteiger partial charge in [-0.25, -0.2) is 0 Å². The van der Waals surface area contributed by atoms with Crippen LogP contribution in [0.5, 0.6) is 0 Å². The summed E-state index contributed by atoms with van der Waals surface area (Å²) in [6.07, 6.45) is 2.28. The molecule has 2 rings (SSSR count). The highest BCUT2D eigenvalue weighted by atomic mass is 16.3. The van der Waals surface area contributed by atoms with Gasteiger partial charge in [0.05, 0.1) is 0 Å². The largest absolute Gasteiger partial charge is 0.396 e. The van der Waals surface area contributed by atoms with E-state index in [4.69, 9.17) is 5.11 Å². The van der Waals surface area contributed by atoms with Crippen LogP contribution in [-0.2, 0) is 16.1 Å². The molecule has 6 heteroatoms. The lowest BCUT2D eigenvalue weighted by Gasteiger charge is -2.24. The lowest BCUT2D eigenvalue weighted by molar-refractivity contribution is -0.125. The van der Waals surface area contributed by atoms with Gasteiger partial charge in [0.25, 0.3) is 5.91 Å². The Morgan fingerprint density at radius 1 is 1.48 bits per heavy atom. The predicted molar refractivity (Wildman–Crippen MR) is 92.4 cm³/mol. The fourth-order valence-corrected chi connectivity index (χ4v) is 2.79. The Morgan fingerprint density at radius 3 is 3.00 bits per heavy atom. The van der Waals surface area contributed by atoms with Crippen molar-refractivity contribution in [1.29, 1.82) is 0 Å². The van der Waals surface area contributed by atoms with Crippen LogP contribution in [-0.4, -0.2) is 40.9 Å². The number of hydrogen-bond donors (Lipinski definition) is 2. The standard InChI is InChI=1S/C19H22N2O4/c1-14(9-10-18(24)20-13-23)21-12-17-15(6-3-2-4-11-22)7-5-8-16(17)19(21)25/h5,7-8,13-14,22H,2,4,9-12H2,1H3,(H,20,23,24). The van der Waals surface area contributed by atoms with Crippen LogP contribution in [0.3, 0.4) is 0 Å². The maximum absolute atomic E-state index is 12.6. The third-order valence-electron chi connectivity index (χ3n) is 4.22. The van der Waals surface area contributed by atoms with E-state index in [-0.39, 0.29) is 30.9 Å². The van der Waals surface area contributed by atoms with Crippen LogP contribution in [0.15, 0.2) is 18.2 Å². The van der Waals surface area contributed by atoms with E-state index in [0.29, 0.717) is 37.8 Å². The van der Waals surface area contributed by atoms with Crippen LogP contribution >= 0.6 is 0 Å². The average Bonchev–Trinajstić information content (AvgIpc) is 2.95. The summed E-state index contributed by atoms with van der Waals surface area (Å²) in [7, 11) is 0. The molecule has 0 spiro atoms. The maximum Gasteiger partial charge on any atom is 0.254 e. The van der Waals surface area contributed by atoms with E-state index in [1.807, 2.05) is 19.1 Å². The molecule has 0 aliphatic carbocycles. The third kappa shape index (κ3) is 4.68. The highest BCUT2D eigenvalue weighted by Gasteiger charge is 2.32. The SMILES string of the molecule is CC(CCC(=O)NC=O)N1Cc2c(C#CCCCO)cccc2C1=O. The Hall–Kier alpha value is -2.65. The van der Waals surface area contributed by atoms with Crippen molar-refractivity contribution in [2.24, 2.45) is 0 Å². The van der Waals surface area contributed by atoms with Gasteiger partial charge in [0.15, 0.2) is 0 Å². The van der Waals surface area contributed by atoms with Crippen LogP contribution < -0.4 is 5.32 Å². The Bertz CT molecular complexity index is 718. The smallest absolute Gasteiger partial charge is 0.254 e. The number of nitrogens with one attached hydrogen (secondary N) is 1. The summed E-state index contributed by atoms with van der Waals surface area (Å²) in [5.74, 6) is 5.70. The summed E-state index contributed by atoms with van der Waals surface area (Å²) in [5, 5.41) is 10.9. The first kappa shape index (κ1) is 18.7. The first-order valence-corrected chi connectivity index (χ1v) is 8.34. The van der Waals surface area contributed by atoms with E-state index < -0.39 is 0 Å². The Labute approximate surface area is 147 Å². The number of aliphatic hydroxyl groups excluding tert-OH is 1. The number of rotatable bonds is 7. The Morgan fingerprint density at radius 2 is 2.28 bits per heavy atom. The number of aliphatic hydroxyl groups is 1. The van der Waals surface area contributed by atoms with Crippen LogP contribution in [0.2, 0.25) is 0 Å². The average molecular weight is 342 g/mol. The fraction of sp³-hybridized carbons (Fsp3) is 0.421. The molecule has 3 amide bonds. The molecule has 0 saturated carbocycles. The molecule has 0 bridgehead atoms. The molecule has 0 fully saturated rings. The molecular weight excluding hydrogens is 320 g/mol. The minimum absolute atomic E-state index is 0.0581. The van der Waals surface area contributed by atoms with Gasteiger partial charge in [0.2, 0.25) is 12.3 Å². The van der Waals surface area contributed by atoms with E-state index in [1.165, 1.54) is 0 Å². The molecule has 1 aromatic carbocycles. The van der Waals surface area contributed by atoms with Crippen molar-refractivity contribution in [1.82, 2.24) is 10.2 Å². The fourth-order valence-electron chi connectivity index (χ4n) is 2.79. The number of carbonyl (C=O) groups is 3. The molecule has 1 unspecified atom stereocenters. The topological polar surface area (TPSA) is 86.7 Å². The first-order valence-electron chi connectivity index (χ1n) is 8.34. The van der Waals surface area contributed by atoms with Crippen LogP contribution in [0.25, 0.3) is 0 Å². The summed E-state index contributed by atoms with van der Waals surface area (Å²) in [6, 6.07) is 5.39. The van der Waals surface area contributed by atoms with Crippen molar-refractivity contribution in [3.05, 3.63) is 34.9 Å². The molecule has 1 aromatic rings. The summed E-state index contributed by atoms with van der Waals surface area (Å²) >= 11 is 0. The predicted octanol–water partition coefficient (Wildman–Crippen LogP) is 1.21. The second-order valence-corrected chi connectivity index (χ2v) is 5.97. The van der Waals surface area contributed by atoms with Gasteiger partial charge in [-0.3, -0.25) is 19.7 Å². The number of benzene rings is 1. The lowest BCUT2D eigenvalue weighted by Crippen LogP contribution is -2.34. The number of carbonyl (C=O) groups excluding carboxylic acids is 3. The summed E-state index contributed by atoms with van der Waals surface area (Å²) < 4.78 is 0. The monoisotopic (exact) mass is 342 g/mol. The highest BCUT2D eigenvalue weighted by molar-refractivity contribution is 5.99. The Balaban J connectivity index is 2.07. The molecule has 1 atom stereocenters. The molecule has 6 nitrogen and oxygen atoms in total. The van der Waals surface area contributed by atoms with Gasteiger partial charge >= 0.3 is 0 Å². The lowest BCUT2D eigenvalue weighted by atomic mass is 10.0. The zero-order valence-electron chi connectivity index (χ0n) is 14.2. The number of hydrogen-bond acceptors (Lipinski definition) is 4. The molecule has 1 aliphatic heterocycles. The summed E-state index contributed by atoms with van der Waals surface area (Å²) in [6.45, 7) is 2.48. The molecule has 2 N–H and O–H groups in total. The molecule has 0 radical (unpaired) electrons. The van der Waals surface area contributed by atoms with Gasteiger partial charge in [-0.1, -0.05) is 17.9 Å². The van der Waals surface area contributed by atoms with Gasteiger partial charge in [-0.2, -0.15) is 0 Å². The molecular formula is C19H22N2O4. The van der Waals surface area contributed by atoms with Gasteiger partial charge in [-0.15, -0.1) is 0 Å². The summed E-state index contributed by atoms with van der Waals surface area (Å²) in [4.78, 5) is 36.0. The molecule has 0 aromatic heterocycles. The zero-order chi connectivity index (χ0) is 18.2. The Kier molecular flexibility index (Phi) is 6.72. The second-order valence-electron chi connectivity index (χ2n) is 5.97. The number of nitrogens with zero attached hydrogens (tertiary/aromatic N) is 1. The van der Waals surface area contributed by atoms with E-state index in [0.717, 1.165) is 11.1 Å². The van der Waals surface area contributed by atoms with Gasteiger partial charge in [-0.05, 0) is 37.5 Å². The van der Waals surface area contributed by atoms with Crippen LogP contribution in [0, 0.1) is 11.8 Å². The molecule has 0 saturated heterocycles. The summed E-state index contributed by atoms with van der Waals surface area (Å²) in [5.41, 5.74) is 2.39. The minimum atomic E-state index is -0.346. The minimum Gasteiger partial charge on any atom is -0.396 e. The normalized spacial score (nSPS) is 13.7. The van der Waals surface area contributed by atoms with Crippen molar-refractivity contribution in [3.63, 3.8) is 0 Å². The first-order chi connectivity index (χ1) is 12.1. The number of imide groups is 1. The van der Waals surface area contributed by atoms with Crippen LogP contribution in [0.4, 0.5) is 0 Å². The van der Waals surface area contributed by atoms with Crippen molar-refractivity contribution in [3.8, 4) is 11.8 Å². The van der Waals surface area contributed by atoms with Crippen molar-refractivity contribution in [2.45, 2.75) is 45.2 Å². The van der Waals surface area contributed by atoms with Crippen molar-refractivity contribution >= 4 is 18.2 Å². The number of fused-ring (bicyclic) bond motifs is 1. The van der Waals surface area contributed by atoms with E-state index in [1.54, 1.807) is 11.0 Å². The quantitative estimate of drug-likeness (QED) is 0.443. The van der Waals surface area contributed by atoms with Crippen LogP contribution in [0.1, 0.15) is 54.1 Å². The molecule has 132 valence electrons. The van der Waals surface area contributed by atoms with Crippen molar-refractivity contribution < 1.29 is 19.5 Å². The number of amides is 3.